The molecule has 0 radical (unpaired) electrons. The molecule has 30 heavy (non-hydrogen) atoms. The second kappa shape index (κ2) is 17.7. The first kappa shape index (κ1) is 27.8. The maximum atomic E-state index is 11.3. The second-order valence-corrected chi connectivity index (χ2v) is 7.09. The number of benzene rings is 1. The lowest BCUT2D eigenvalue weighted by atomic mass is 10.0. The maximum Gasteiger partial charge on any atom is 0.220 e. The van der Waals surface area contributed by atoms with Gasteiger partial charge in [0.25, 0.3) is 0 Å². The van der Waals surface area contributed by atoms with Crippen molar-refractivity contribution in [1.29, 1.82) is 0 Å². The van der Waals surface area contributed by atoms with Gasteiger partial charge in [-0.2, -0.15) is 0 Å². The molecule has 4 N–H and O–H groups in total. The Morgan fingerprint density at radius 2 is 1.90 bits per heavy atom. The van der Waals surface area contributed by atoms with Gasteiger partial charge in [-0.1, -0.05) is 43.7 Å². The molecule has 0 aliphatic heterocycles. The van der Waals surface area contributed by atoms with E-state index in [-0.39, 0.29) is 19.1 Å². The van der Waals surface area contributed by atoms with E-state index in [4.69, 9.17) is 14.9 Å². The van der Waals surface area contributed by atoms with E-state index in [1.165, 1.54) is 11.1 Å². The number of aliphatic hydroxyl groups excluding tert-OH is 2. The van der Waals surface area contributed by atoms with E-state index in [1.807, 2.05) is 25.3 Å². The molecule has 1 aromatic rings. The lowest BCUT2D eigenvalue weighted by Crippen LogP contribution is -2.39. The predicted molar refractivity (Wildman–Crippen MR) is 126 cm³/mol. The van der Waals surface area contributed by atoms with Gasteiger partial charge >= 0.3 is 0 Å². The zero-order valence-electron chi connectivity index (χ0n) is 19.0. The monoisotopic (exact) mass is 420 g/mol. The Morgan fingerprint density at radius 1 is 1.20 bits per heavy atom. The molecule has 0 heterocycles. The van der Waals surface area contributed by atoms with Gasteiger partial charge in [-0.05, 0) is 63.0 Å². The highest BCUT2D eigenvalue weighted by atomic mass is 16.5. The number of rotatable bonds is 13. The summed E-state index contributed by atoms with van der Waals surface area (Å²) in [6, 6.07) is 5.52. The first-order valence-corrected chi connectivity index (χ1v) is 10.6. The van der Waals surface area contributed by atoms with Crippen molar-refractivity contribution in [2.75, 3.05) is 33.9 Å². The fourth-order valence-corrected chi connectivity index (χ4v) is 2.57. The largest absolute Gasteiger partial charge is 0.497 e. The second-order valence-electron chi connectivity index (χ2n) is 7.09. The van der Waals surface area contributed by atoms with Crippen LogP contribution >= 0.6 is 0 Å². The molecule has 1 rings (SSSR count). The van der Waals surface area contributed by atoms with Crippen LogP contribution in [0.3, 0.4) is 0 Å². The molecule has 0 aromatic heterocycles. The quantitative estimate of drug-likeness (QED) is 0.367. The SMILES string of the molecule is C=Cc1cc(OC)ccc1/C=C(\C)CC.CNCCCCCC(=O)NC(CO)CO. The van der Waals surface area contributed by atoms with E-state index in [0.29, 0.717) is 6.42 Å². The number of carbonyl (C=O) groups is 1. The van der Waals surface area contributed by atoms with E-state index in [9.17, 15) is 4.79 Å². The third kappa shape index (κ3) is 12.4. The molecule has 0 saturated carbocycles. The van der Waals surface area contributed by atoms with Crippen molar-refractivity contribution in [2.24, 2.45) is 0 Å². The first-order valence-electron chi connectivity index (χ1n) is 10.6. The summed E-state index contributed by atoms with van der Waals surface area (Å²) in [6.45, 7) is 8.64. The Balaban J connectivity index is 0.000000561. The molecule has 1 amide bonds. The zero-order chi connectivity index (χ0) is 22.8. The van der Waals surface area contributed by atoms with Crippen LogP contribution in [-0.2, 0) is 4.79 Å². The number of aliphatic hydroxyl groups is 2. The summed E-state index contributed by atoms with van der Waals surface area (Å²) in [7, 11) is 3.58. The van der Waals surface area contributed by atoms with Gasteiger partial charge in [0.15, 0.2) is 0 Å². The lowest BCUT2D eigenvalue weighted by molar-refractivity contribution is -0.122. The third-order valence-electron chi connectivity index (χ3n) is 4.61. The Kier molecular flexibility index (Phi) is 16.4. The van der Waals surface area contributed by atoms with E-state index in [1.54, 1.807) is 7.11 Å². The van der Waals surface area contributed by atoms with Gasteiger partial charge in [0.05, 0.1) is 26.4 Å². The van der Waals surface area contributed by atoms with Gasteiger partial charge in [0, 0.05) is 6.42 Å². The van der Waals surface area contributed by atoms with E-state index in [0.717, 1.165) is 43.5 Å². The van der Waals surface area contributed by atoms with Crippen molar-refractivity contribution in [1.82, 2.24) is 10.6 Å². The molecule has 0 fully saturated rings. The molecule has 0 unspecified atom stereocenters. The molecule has 0 aliphatic carbocycles. The first-order chi connectivity index (χ1) is 14.4. The molecule has 6 nitrogen and oxygen atoms in total. The number of methoxy groups -OCH3 is 1. The summed E-state index contributed by atoms with van der Waals surface area (Å²) in [6.07, 6.45) is 8.50. The summed E-state index contributed by atoms with van der Waals surface area (Å²) < 4.78 is 5.17. The molecule has 0 saturated heterocycles. The highest BCUT2D eigenvalue weighted by Crippen LogP contribution is 2.21. The van der Waals surface area contributed by atoms with Crippen LogP contribution in [0.1, 0.15) is 57.1 Å². The minimum atomic E-state index is -0.519. The third-order valence-corrected chi connectivity index (χ3v) is 4.61. The zero-order valence-corrected chi connectivity index (χ0v) is 19.0. The molecule has 0 spiro atoms. The molecular weight excluding hydrogens is 380 g/mol. The summed E-state index contributed by atoms with van der Waals surface area (Å²) in [5, 5.41) is 23.1. The van der Waals surface area contributed by atoms with Gasteiger partial charge in [0.1, 0.15) is 5.75 Å². The van der Waals surface area contributed by atoms with Gasteiger partial charge in [-0.25, -0.2) is 0 Å². The summed E-state index contributed by atoms with van der Waals surface area (Å²) in [5.41, 5.74) is 3.68. The van der Waals surface area contributed by atoms with Crippen molar-refractivity contribution >= 4 is 18.1 Å². The molecule has 170 valence electrons. The highest BCUT2D eigenvalue weighted by molar-refractivity contribution is 5.76. The Labute approximate surface area is 182 Å². The van der Waals surface area contributed by atoms with Crippen molar-refractivity contribution in [3.63, 3.8) is 0 Å². The van der Waals surface area contributed by atoms with Crippen molar-refractivity contribution < 1.29 is 19.7 Å². The fourth-order valence-electron chi connectivity index (χ4n) is 2.57. The van der Waals surface area contributed by atoms with Crippen LogP contribution in [-0.4, -0.2) is 56.1 Å². The molecule has 1 aromatic carbocycles. The maximum absolute atomic E-state index is 11.3. The van der Waals surface area contributed by atoms with Gasteiger partial charge in [0.2, 0.25) is 5.91 Å². The molecule has 0 aliphatic rings. The molecule has 0 bridgehead atoms. The van der Waals surface area contributed by atoms with Crippen molar-refractivity contribution in [3.05, 3.63) is 41.5 Å². The van der Waals surface area contributed by atoms with Crippen LogP contribution in [0.15, 0.2) is 30.4 Å². The number of unbranched alkanes of at least 4 members (excludes halogenated alkanes) is 2. The Hall–Kier alpha value is -2.15. The molecule has 0 atom stereocenters. The lowest BCUT2D eigenvalue weighted by Gasteiger charge is -2.12. The number of amides is 1. The molecule has 6 heteroatoms. The van der Waals surface area contributed by atoms with Gasteiger partial charge in [-0.15, -0.1) is 0 Å². The van der Waals surface area contributed by atoms with Crippen LogP contribution in [0.4, 0.5) is 0 Å². The summed E-state index contributed by atoms with van der Waals surface area (Å²) in [5.74, 6) is 0.767. The molecular formula is C24H40N2O4. The number of carbonyl (C=O) groups excluding carboxylic acids is 1. The van der Waals surface area contributed by atoms with Gasteiger partial charge < -0.3 is 25.6 Å². The van der Waals surface area contributed by atoms with E-state index in [2.05, 4.69) is 43.2 Å². The predicted octanol–water partition coefficient (Wildman–Crippen LogP) is 3.39. The number of hydrogen-bond donors (Lipinski definition) is 4. The normalized spacial score (nSPS) is 11.0. The Morgan fingerprint density at radius 3 is 2.43 bits per heavy atom. The number of allylic oxidation sites excluding steroid dienone is 1. The van der Waals surface area contributed by atoms with Crippen LogP contribution in [0.2, 0.25) is 0 Å². The number of hydrogen-bond acceptors (Lipinski definition) is 5. The number of ether oxygens (including phenoxy) is 1. The topological polar surface area (TPSA) is 90.8 Å². The Bertz CT molecular complexity index is 640. The van der Waals surface area contributed by atoms with E-state index < -0.39 is 6.04 Å². The fraction of sp³-hybridized carbons (Fsp3) is 0.542. The average Bonchev–Trinajstić information content (AvgIpc) is 2.77. The number of nitrogens with one attached hydrogen (secondary N) is 2. The van der Waals surface area contributed by atoms with Crippen LogP contribution in [0.5, 0.6) is 5.75 Å². The summed E-state index contributed by atoms with van der Waals surface area (Å²) >= 11 is 0. The highest BCUT2D eigenvalue weighted by Gasteiger charge is 2.09. The van der Waals surface area contributed by atoms with Crippen LogP contribution in [0, 0.1) is 0 Å². The van der Waals surface area contributed by atoms with Crippen LogP contribution < -0.4 is 15.4 Å². The minimum absolute atomic E-state index is 0.104. The van der Waals surface area contributed by atoms with Crippen molar-refractivity contribution in [2.45, 2.75) is 52.0 Å². The van der Waals surface area contributed by atoms with Crippen LogP contribution in [0.25, 0.3) is 12.2 Å². The standard InChI is InChI=1S/C14H18O.C10H22N2O3/c1-5-11(3)9-13-7-8-14(15-4)10-12(13)6-2;1-11-6-4-2-3-5-10(15)12-9(7-13)8-14/h6-10H,2,5H2,1,3-4H3;9,11,13-14H,2-8H2,1H3,(H,12,15)/b11-9+;. The van der Waals surface area contributed by atoms with E-state index >= 15 is 0 Å². The summed E-state index contributed by atoms with van der Waals surface area (Å²) in [4.78, 5) is 11.3. The van der Waals surface area contributed by atoms with Gasteiger partial charge in [-0.3, -0.25) is 4.79 Å². The average molecular weight is 421 g/mol. The smallest absolute Gasteiger partial charge is 0.220 e. The van der Waals surface area contributed by atoms with Crippen molar-refractivity contribution in [3.8, 4) is 5.75 Å². The minimum Gasteiger partial charge on any atom is -0.497 e.